The number of carbonyl (C=O) groups excluding carboxylic acids is 1. The Morgan fingerprint density at radius 2 is 2.02 bits per heavy atom. The zero-order valence-electron chi connectivity index (χ0n) is 25.2. The largest absolute Gasteiger partial charge is 0.490 e. The molecule has 0 aliphatic carbocycles. The predicted octanol–water partition coefficient (Wildman–Crippen LogP) is 3.36. The van der Waals surface area contributed by atoms with Crippen molar-refractivity contribution in [2.75, 3.05) is 44.6 Å². The monoisotopic (exact) mass is 593 g/mol. The molecule has 1 aromatic carbocycles. The van der Waals surface area contributed by atoms with Gasteiger partial charge in [-0.2, -0.15) is 8.42 Å². The molecule has 1 aromatic heterocycles. The van der Waals surface area contributed by atoms with Gasteiger partial charge in [-0.1, -0.05) is 13.8 Å². The fraction of sp³-hybridized carbons (Fsp3) is 0.655. The molecule has 0 saturated heterocycles. The fourth-order valence-electron chi connectivity index (χ4n) is 4.96. The first-order valence-electron chi connectivity index (χ1n) is 14.5. The maximum Gasteiger partial charge on any atom is 0.280 e. The highest BCUT2D eigenvalue weighted by Gasteiger charge is 2.30. The molecule has 2 aromatic rings. The first-order chi connectivity index (χ1) is 19.4. The molecule has 11 nitrogen and oxygen atoms in total. The van der Waals surface area contributed by atoms with Gasteiger partial charge in [-0.3, -0.25) is 9.52 Å². The topological polar surface area (TPSA) is 126 Å². The van der Waals surface area contributed by atoms with Gasteiger partial charge in [0.25, 0.3) is 15.9 Å². The van der Waals surface area contributed by atoms with Crippen molar-refractivity contribution in [3.8, 4) is 5.75 Å². The second-order valence-electron chi connectivity index (χ2n) is 11.3. The minimum Gasteiger partial charge on any atom is -0.490 e. The van der Waals surface area contributed by atoms with Crippen molar-refractivity contribution in [1.82, 2.24) is 19.4 Å². The molecule has 12 heteroatoms. The SMILES string of the molecule is CCCN(C)C[C@@H]1OCCCC[C@@H](C)Oc2ccc(NS(=O)(=O)c3cn(C)cn3)cc2C(=O)N([C@H](C)CO)C[C@@H]1C. The number of imidazole rings is 1. The zero-order chi connectivity index (χ0) is 30.2. The summed E-state index contributed by atoms with van der Waals surface area (Å²) in [5.41, 5.74) is 0.440. The third-order valence-corrected chi connectivity index (χ3v) is 8.62. The van der Waals surface area contributed by atoms with Crippen LogP contribution in [0.25, 0.3) is 0 Å². The summed E-state index contributed by atoms with van der Waals surface area (Å²) < 4.78 is 42.6. The quantitative estimate of drug-likeness (QED) is 0.453. The number of aliphatic hydroxyl groups excluding tert-OH is 1. The van der Waals surface area contributed by atoms with Gasteiger partial charge in [0.2, 0.25) is 0 Å². The Bertz CT molecular complexity index is 1240. The average Bonchev–Trinajstić information content (AvgIpc) is 3.37. The smallest absolute Gasteiger partial charge is 0.280 e. The molecule has 0 fully saturated rings. The molecule has 0 radical (unpaired) electrons. The number of aryl methyl sites for hydroxylation is 1. The number of hydrogen-bond acceptors (Lipinski definition) is 8. The van der Waals surface area contributed by atoms with Crippen LogP contribution >= 0.6 is 0 Å². The molecule has 41 heavy (non-hydrogen) atoms. The molecular formula is C29H47N5O6S. The van der Waals surface area contributed by atoms with Crippen LogP contribution in [0.4, 0.5) is 5.69 Å². The number of anilines is 1. The van der Waals surface area contributed by atoms with E-state index in [1.165, 1.54) is 18.6 Å². The molecule has 4 atom stereocenters. The number of benzene rings is 1. The van der Waals surface area contributed by atoms with Crippen molar-refractivity contribution in [3.63, 3.8) is 0 Å². The van der Waals surface area contributed by atoms with Crippen LogP contribution in [-0.4, -0.2) is 96.9 Å². The summed E-state index contributed by atoms with van der Waals surface area (Å²) >= 11 is 0. The molecule has 2 heterocycles. The number of aliphatic hydroxyl groups is 1. The summed E-state index contributed by atoms with van der Waals surface area (Å²) in [6, 6.07) is 4.23. The molecule has 3 rings (SSSR count). The lowest BCUT2D eigenvalue weighted by molar-refractivity contribution is -0.0167. The summed E-state index contributed by atoms with van der Waals surface area (Å²) in [6.45, 7) is 10.4. The van der Waals surface area contributed by atoms with Crippen LogP contribution in [0.5, 0.6) is 5.75 Å². The Hall–Kier alpha value is -2.67. The van der Waals surface area contributed by atoms with E-state index >= 15 is 0 Å². The highest BCUT2D eigenvalue weighted by molar-refractivity contribution is 7.92. The highest BCUT2D eigenvalue weighted by Crippen LogP contribution is 2.29. The van der Waals surface area contributed by atoms with Gasteiger partial charge in [0.15, 0.2) is 5.03 Å². The van der Waals surface area contributed by atoms with Crippen LogP contribution in [0.3, 0.4) is 0 Å². The van der Waals surface area contributed by atoms with Crippen molar-refractivity contribution in [2.24, 2.45) is 13.0 Å². The Balaban J connectivity index is 2.00. The highest BCUT2D eigenvalue weighted by atomic mass is 32.2. The van der Waals surface area contributed by atoms with E-state index in [2.05, 4.69) is 35.5 Å². The second-order valence-corrected chi connectivity index (χ2v) is 12.9. The first kappa shape index (κ1) is 32.8. The van der Waals surface area contributed by atoms with Gasteiger partial charge in [0, 0.05) is 44.5 Å². The third-order valence-electron chi connectivity index (χ3n) is 7.36. The number of aromatic nitrogens is 2. The van der Waals surface area contributed by atoms with Crippen LogP contribution in [0.1, 0.15) is 63.7 Å². The zero-order valence-corrected chi connectivity index (χ0v) is 26.1. The number of carbonyl (C=O) groups is 1. The molecule has 0 spiro atoms. The summed E-state index contributed by atoms with van der Waals surface area (Å²) in [5.74, 6) is 0.000140. The lowest BCUT2D eigenvalue weighted by Crippen LogP contribution is -2.47. The van der Waals surface area contributed by atoms with Gasteiger partial charge in [0.05, 0.1) is 36.7 Å². The van der Waals surface area contributed by atoms with Crippen molar-refractivity contribution in [3.05, 3.63) is 36.3 Å². The summed E-state index contributed by atoms with van der Waals surface area (Å²) in [5, 5.41) is 9.98. The van der Waals surface area contributed by atoms with Gasteiger partial charge < -0.3 is 28.9 Å². The Labute approximate surface area is 244 Å². The maximum atomic E-state index is 14.2. The van der Waals surface area contributed by atoms with E-state index in [0.29, 0.717) is 18.9 Å². The summed E-state index contributed by atoms with van der Waals surface area (Å²) in [7, 11) is -0.211. The summed E-state index contributed by atoms with van der Waals surface area (Å²) in [6.07, 6.45) is 6.15. The number of nitrogens with zero attached hydrogens (tertiary/aromatic N) is 4. The standard InChI is InChI=1S/C29H47N5O6S/c1-7-13-32(5)17-27-21(2)16-34(22(3)19-35)29(36)25-15-24(31-41(37,38)28-18-33(6)20-30-28)11-12-26(25)40-23(4)10-8-9-14-39-27/h11-12,15,18,20-23,27,31,35H,7-10,13-14,16-17,19H2,1-6H3/t21-,22+,23+,27-/m0/s1. The molecule has 0 saturated carbocycles. The number of likely N-dealkylation sites (N-methyl/N-ethyl adjacent to an activating group) is 1. The number of ether oxygens (including phenoxy) is 2. The normalized spacial score (nSPS) is 22.1. The maximum absolute atomic E-state index is 14.2. The van der Waals surface area contributed by atoms with E-state index in [1.807, 2.05) is 6.92 Å². The minimum atomic E-state index is -3.97. The number of nitrogens with one attached hydrogen (secondary N) is 1. The lowest BCUT2D eigenvalue weighted by Gasteiger charge is -2.35. The number of amides is 1. The van der Waals surface area contributed by atoms with Gasteiger partial charge in [-0.05, 0) is 71.3 Å². The molecular weight excluding hydrogens is 546 g/mol. The van der Waals surface area contributed by atoms with Gasteiger partial charge in [-0.15, -0.1) is 0 Å². The van der Waals surface area contributed by atoms with Crippen molar-refractivity contribution >= 4 is 21.6 Å². The Morgan fingerprint density at radius 1 is 1.27 bits per heavy atom. The third kappa shape index (κ3) is 9.16. The number of hydrogen-bond donors (Lipinski definition) is 2. The number of fused-ring (bicyclic) bond motifs is 1. The van der Waals surface area contributed by atoms with E-state index in [9.17, 15) is 18.3 Å². The van der Waals surface area contributed by atoms with Crippen LogP contribution in [0.2, 0.25) is 0 Å². The van der Waals surface area contributed by atoms with Crippen LogP contribution in [-0.2, 0) is 21.8 Å². The molecule has 230 valence electrons. The van der Waals surface area contributed by atoms with Gasteiger partial charge >= 0.3 is 0 Å². The van der Waals surface area contributed by atoms with Gasteiger partial charge in [0.1, 0.15) is 5.75 Å². The minimum absolute atomic E-state index is 0.0238. The Morgan fingerprint density at radius 3 is 2.68 bits per heavy atom. The average molecular weight is 594 g/mol. The van der Waals surface area contributed by atoms with Gasteiger partial charge in [-0.25, -0.2) is 4.98 Å². The van der Waals surface area contributed by atoms with Crippen LogP contribution in [0, 0.1) is 5.92 Å². The number of rotatable bonds is 9. The first-order valence-corrected chi connectivity index (χ1v) is 16.0. The van der Waals surface area contributed by atoms with Crippen molar-refractivity contribution in [1.29, 1.82) is 0 Å². The van der Waals surface area contributed by atoms with E-state index in [1.54, 1.807) is 35.6 Å². The molecule has 1 amide bonds. The van der Waals surface area contributed by atoms with E-state index in [0.717, 1.165) is 38.8 Å². The second kappa shape index (κ2) is 15.0. The molecule has 0 bridgehead atoms. The summed E-state index contributed by atoms with van der Waals surface area (Å²) in [4.78, 5) is 22.0. The van der Waals surface area contributed by atoms with Crippen molar-refractivity contribution in [2.45, 2.75) is 76.7 Å². The van der Waals surface area contributed by atoms with E-state index in [4.69, 9.17) is 9.47 Å². The van der Waals surface area contributed by atoms with E-state index < -0.39 is 16.1 Å². The predicted molar refractivity (Wildman–Crippen MR) is 159 cm³/mol. The van der Waals surface area contributed by atoms with Crippen LogP contribution in [0.15, 0.2) is 35.7 Å². The molecule has 0 unspecified atom stereocenters. The lowest BCUT2D eigenvalue weighted by atomic mass is 10.0. The molecule has 1 aliphatic heterocycles. The molecule has 1 aliphatic rings. The molecule has 2 N–H and O–H groups in total. The van der Waals surface area contributed by atoms with Crippen LogP contribution < -0.4 is 9.46 Å². The van der Waals surface area contributed by atoms with E-state index in [-0.39, 0.29) is 46.9 Å². The van der Waals surface area contributed by atoms with Crippen molar-refractivity contribution < 1.29 is 27.8 Å². The Kier molecular flexibility index (Phi) is 12.0. The fourth-order valence-corrected chi connectivity index (χ4v) is 6.00. The number of sulfonamides is 1.